The first-order valence-corrected chi connectivity index (χ1v) is 8.26. The van der Waals surface area contributed by atoms with Crippen LogP contribution in [0.3, 0.4) is 0 Å². The fourth-order valence-corrected chi connectivity index (χ4v) is 2.91. The summed E-state index contributed by atoms with van der Waals surface area (Å²) in [5.74, 6) is -1.40. The third-order valence-electron chi connectivity index (χ3n) is 3.06. The molecule has 2 rings (SSSR count). The minimum Gasteiger partial charge on any atom is -0.461 e. The third kappa shape index (κ3) is 3.16. The van der Waals surface area contributed by atoms with Crippen LogP contribution in [-0.2, 0) is 20.8 Å². The number of esters is 1. The largest absolute Gasteiger partial charge is 0.461 e. The van der Waals surface area contributed by atoms with Crippen molar-refractivity contribution < 1.29 is 31.1 Å². The van der Waals surface area contributed by atoms with Crippen LogP contribution in [0.5, 0.6) is 0 Å². The monoisotopic (exact) mass is 350 g/mol. The quantitative estimate of drug-likeness (QED) is 0.791. The molecular weight excluding hydrogens is 337 g/mol. The van der Waals surface area contributed by atoms with Crippen LogP contribution in [-0.4, -0.2) is 36.1 Å². The van der Waals surface area contributed by atoms with Gasteiger partial charge >= 0.3 is 12.1 Å². The standard InChI is InChI=1S/C13H13F3N2O4S/c1-3-22-12(19)10-11(23(20,21)4-2)17-9-6-5-8(7-18(9)10)13(14,15)16/h5-7H,3-4H2,1-2H3. The number of hydrogen-bond acceptors (Lipinski definition) is 5. The molecule has 0 bridgehead atoms. The highest BCUT2D eigenvalue weighted by molar-refractivity contribution is 7.91. The van der Waals surface area contributed by atoms with E-state index in [4.69, 9.17) is 4.74 Å². The lowest BCUT2D eigenvalue weighted by atomic mass is 10.3. The lowest BCUT2D eigenvalue weighted by Crippen LogP contribution is -2.15. The fourth-order valence-electron chi connectivity index (χ4n) is 1.93. The topological polar surface area (TPSA) is 77.7 Å². The zero-order valence-corrected chi connectivity index (χ0v) is 13.0. The van der Waals surface area contributed by atoms with Gasteiger partial charge in [-0.05, 0) is 19.1 Å². The van der Waals surface area contributed by atoms with Crippen LogP contribution in [0.1, 0.15) is 29.9 Å². The van der Waals surface area contributed by atoms with Crippen molar-refractivity contribution in [2.24, 2.45) is 0 Å². The molecule has 0 unspecified atom stereocenters. The Kier molecular flexibility index (Phi) is 4.38. The Labute approximate surface area is 129 Å². The predicted octanol–water partition coefficient (Wildman–Crippen LogP) is 2.32. The lowest BCUT2D eigenvalue weighted by molar-refractivity contribution is -0.137. The number of carbonyl (C=O) groups excluding carboxylic acids is 1. The molecule has 126 valence electrons. The number of nitrogens with zero attached hydrogens (tertiary/aromatic N) is 2. The van der Waals surface area contributed by atoms with Crippen molar-refractivity contribution in [3.63, 3.8) is 0 Å². The number of aromatic nitrogens is 2. The molecule has 0 aliphatic rings. The molecule has 0 fully saturated rings. The average Bonchev–Trinajstić information content (AvgIpc) is 2.85. The Morgan fingerprint density at radius 2 is 1.96 bits per heavy atom. The number of pyridine rings is 1. The van der Waals surface area contributed by atoms with E-state index >= 15 is 0 Å². The number of halogens is 3. The molecule has 2 aromatic heterocycles. The van der Waals surface area contributed by atoms with Gasteiger partial charge in [-0.2, -0.15) is 13.2 Å². The second-order valence-corrected chi connectivity index (χ2v) is 6.73. The molecule has 0 aromatic carbocycles. The van der Waals surface area contributed by atoms with Gasteiger partial charge in [-0.15, -0.1) is 0 Å². The summed E-state index contributed by atoms with van der Waals surface area (Å²) < 4.78 is 68.2. The molecule has 0 radical (unpaired) electrons. The van der Waals surface area contributed by atoms with E-state index in [-0.39, 0.29) is 18.0 Å². The van der Waals surface area contributed by atoms with Gasteiger partial charge in [0, 0.05) is 6.20 Å². The molecule has 10 heteroatoms. The number of hydrogen-bond donors (Lipinski definition) is 0. The minimum absolute atomic E-state index is 0.0589. The van der Waals surface area contributed by atoms with E-state index in [1.165, 1.54) is 13.8 Å². The molecule has 0 saturated carbocycles. The SMILES string of the molecule is CCOC(=O)c1c(S(=O)(=O)CC)nc2ccc(C(F)(F)F)cn12. The maximum absolute atomic E-state index is 12.8. The molecule has 6 nitrogen and oxygen atoms in total. The molecule has 23 heavy (non-hydrogen) atoms. The lowest BCUT2D eigenvalue weighted by Gasteiger charge is -2.08. The van der Waals surface area contributed by atoms with E-state index in [1.807, 2.05) is 0 Å². The predicted molar refractivity (Wildman–Crippen MR) is 73.9 cm³/mol. The summed E-state index contributed by atoms with van der Waals surface area (Å²) in [5, 5.41) is -0.585. The molecule has 0 amide bonds. The zero-order chi connectivity index (χ0) is 17.4. The maximum Gasteiger partial charge on any atom is 0.417 e. The van der Waals surface area contributed by atoms with Gasteiger partial charge in [0.25, 0.3) is 0 Å². The van der Waals surface area contributed by atoms with Gasteiger partial charge in [0.05, 0.1) is 17.9 Å². The van der Waals surface area contributed by atoms with Crippen molar-refractivity contribution in [2.75, 3.05) is 12.4 Å². The van der Waals surface area contributed by atoms with Gasteiger partial charge in [-0.3, -0.25) is 4.40 Å². The number of sulfone groups is 1. The first-order chi connectivity index (χ1) is 10.6. The van der Waals surface area contributed by atoms with Crippen LogP contribution < -0.4 is 0 Å². The summed E-state index contributed by atoms with van der Waals surface area (Å²) in [6, 6.07) is 1.76. The van der Waals surface area contributed by atoms with Gasteiger partial charge in [0.1, 0.15) is 5.65 Å². The normalized spacial score (nSPS) is 12.6. The van der Waals surface area contributed by atoms with Crippen LogP contribution >= 0.6 is 0 Å². The van der Waals surface area contributed by atoms with Gasteiger partial charge in [0.2, 0.25) is 0 Å². The van der Waals surface area contributed by atoms with Gasteiger partial charge in [0.15, 0.2) is 20.6 Å². The number of imidazole rings is 1. The Balaban J connectivity index is 2.82. The molecule has 0 spiro atoms. The van der Waals surface area contributed by atoms with Crippen LogP contribution in [0.4, 0.5) is 13.2 Å². The van der Waals surface area contributed by atoms with Crippen molar-refractivity contribution in [1.82, 2.24) is 9.38 Å². The number of fused-ring (bicyclic) bond motifs is 1. The highest BCUT2D eigenvalue weighted by Gasteiger charge is 2.33. The second kappa shape index (κ2) is 5.84. The number of alkyl halides is 3. The van der Waals surface area contributed by atoms with Crippen molar-refractivity contribution in [1.29, 1.82) is 0 Å². The molecular formula is C13H13F3N2O4S. The van der Waals surface area contributed by atoms with E-state index in [2.05, 4.69) is 4.98 Å². The second-order valence-electron chi connectivity index (χ2n) is 4.53. The van der Waals surface area contributed by atoms with E-state index in [0.29, 0.717) is 6.20 Å². The average molecular weight is 350 g/mol. The first kappa shape index (κ1) is 17.3. The van der Waals surface area contributed by atoms with Gasteiger partial charge in [-0.1, -0.05) is 6.92 Å². The van der Waals surface area contributed by atoms with Gasteiger partial charge < -0.3 is 4.74 Å². The number of carbonyl (C=O) groups is 1. The van der Waals surface area contributed by atoms with Crippen LogP contribution in [0.2, 0.25) is 0 Å². The van der Waals surface area contributed by atoms with Gasteiger partial charge in [-0.25, -0.2) is 18.2 Å². The van der Waals surface area contributed by atoms with Crippen molar-refractivity contribution >= 4 is 21.5 Å². The number of ether oxygens (including phenoxy) is 1. The van der Waals surface area contributed by atoms with Crippen molar-refractivity contribution in [3.05, 3.63) is 29.6 Å². The Morgan fingerprint density at radius 1 is 1.30 bits per heavy atom. The van der Waals surface area contributed by atoms with E-state index in [9.17, 15) is 26.4 Å². The fraction of sp³-hybridized carbons (Fsp3) is 0.385. The number of rotatable bonds is 4. The molecule has 0 atom stereocenters. The highest BCUT2D eigenvalue weighted by atomic mass is 32.2. The Morgan fingerprint density at radius 3 is 2.48 bits per heavy atom. The third-order valence-corrected chi connectivity index (χ3v) is 4.69. The molecule has 0 saturated heterocycles. The summed E-state index contributed by atoms with van der Waals surface area (Å²) in [5.41, 5.74) is -1.66. The smallest absolute Gasteiger partial charge is 0.417 e. The van der Waals surface area contributed by atoms with E-state index < -0.39 is 38.3 Å². The molecule has 0 N–H and O–H groups in total. The summed E-state index contributed by atoms with van der Waals surface area (Å²) in [6.07, 6.45) is -4.02. The maximum atomic E-state index is 12.8. The minimum atomic E-state index is -4.64. The highest BCUT2D eigenvalue weighted by Crippen LogP contribution is 2.30. The summed E-state index contributed by atoms with van der Waals surface area (Å²) >= 11 is 0. The molecule has 0 aliphatic heterocycles. The summed E-state index contributed by atoms with van der Waals surface area (Å²) in [7, 11) is -3.92. The van der Waals surface area contributed by atoms with Crippen LogP contribution in [0, 0.1) is 0 Å². The van der Waals surface area contributed by atoms with Crippen molar-refractivity contribution in [2.45, 2.75) is 25.0 Å². The summed E-state index contributed by atoms with van der Waals surface area (Å²) in [6.45, 7) is 2.78. The first-order valence-electron chi connectivity index (χ1n) is 6.61. The van der Waals surface area contributed by atoms with Crippen LogP contribution in [0.15, 0.2) is 23.4 Å². The molecule has 2 aromatic rings. The van der Waals surface area contributed by atoms with E-state index in [1.54, 1.807) is 0 Å². The van der Waals surface area contributed by atoms with Crippen molar-refractivity contribution in [3.8, 4) is 0 Å². The Hall–Kier alpha value is -2.10. The summed E-state index contributed by atoms with van der Waals surface area (Å²) in [4.78, 5) is 15.8. The molecule has 2 heterocycles. The molecule has 0 aliphatic carbocycles. The Bertz CT molecular complexity index is 856. The van der Waals surface area contributed by atoms with Crippen LogP contribution in [0.25, 0.3) is 5.65 Å². The zero-order valence-electron chi connectivity index (χ0n) is 12.2. The van der Waals surface area contributed by atoms with E-state index in [0.717, 1.165) is 16.5 Å².